The predicted octanol–water partition coefficient (Wildman–Crippen LogP) is 4.44. The van der Waals surface area contributed by atoms with Crippen LogP contribution in [0.1, 0.15) is 71.3 Å². The summed E-state index contributed by atoms with van der Waals surface area (Å²) in [4.78, 5) is 36.2. The Morgan fingerprint density at radius 2 is 1.84 bits per heavy atom. The average Bonchev–Trinajstić information content (AvgIpc) is 3.57. The highest BCUT2D eigenvalue weighted by molar-refractivity contribution is 6.40. The van der Waals surface area contributed by atoms with Crippen LogP contribution >= 0.6 is 0 Å². The number of nitrogens with zero attached hydrogens (tertiary/aromatic N) is 1. The number of urea groups is 1. The molecule has 0 spiro atoms. The zero-order valence-corrected chi connectivity index (χ0v) is 19.6. The molecule has 0 heterocycles. The topological polar surface area (TPSA) is 96.9 Å². The number of rotatable bonds is 15. The van der Waals surface area contributed by atoms with Gasteiger partial charge in [0.2, 0.25) is 0 Å². The largest absolute Gasteiger partial charge is 0.486 e. The highest BCUT2D eigenvalue weighted by atomic mass is 16.5. The number of amides is 2. The number of carbonyl (C=O) groups excluding carboxylic acids is 3. The van der Waals surface area contributed by atoms with Crippen LogP contribution < -0.4 is 15.5 Å². The second kappa shape index (κ2) is 13.7. The van der Waals surface area contributed by atoms with Crippen LogP contribution in [-0.2, 0) is 16.0 Å². The van der Waals surface area contributed by atoms with Crippen LogP contribution in [0, 0.1) is 11.8 Å². The number of nitrogens with one attached hydrogen (secondary N) is 2. The van der Waals surface area contributed by atoms with Crippen molar-refractivity contribution in [3.63, 3.8) is 0 Å². The number of carbonyl (C=O) groups is 3. The summed E-state index contributed by atoms with van der Waals surface area (Å²) >= 11 is 0. The van der Waals surface area contributed by atoms with Crippen LogP contribution in [-0.4, -0.2) is 36.5 Å². The van der Waals surface area contributed by atoms with Gasteiger partial charge in [-0.2, -0.15) is 5.10 Å². The number of benzene rings is 1. The lowest BCUT2D eigenvalue weighted by molar-refractivity contribution is -0.121. The third-order valence-corrected chi connectivity index (χ3v) is 5.47. The first-order valence-electron chi connectivity index (χ1n) is 11.8. The van der Waals surface area contributed by atoms with Crippen LogP contribution in [0.4, 0.5) is 4.79 Å². The molecule has 1 aromatic rings. The lowest BCUT2D eigenvalue weighted by atomic mass is 9.95. The van der Waals surface area contributed by atoms with Crippen LogP contribution in [0.5, 0.6) is 5.75 Å². The molecule has 1 atom stereocenters. The quantitative estimate of drug-likeness (QED) is 0.309. The molecule has 1 aromatic carbocycles. The van der Waals surface area contributed by atoms with Gasteiger partial charge in [-0.25, -0.2) is 10.2 Å². The molecule has 0 aliphatic heterocycles. The van der Waals surface area contributed by atoms with E-state index >= 15 is 0 Å². The van der Waals surface area contributed by atoms with E-state index in [-0.39, 0.29) is 24.1 Å². The molecular weight excluding hydrogens is 406 g/mol. The summed E-state index contributed by atoms with van der Waals surface area (Å²) in [5.74, 6) is 1.32. The molecule has 1 fully saturated rings. The van der Waals surface area contributed by atoms with Gasteiger partial charge in [0.05, 0.1) is 0 Å². The molecule has 0 bridgehead atoms. The third-order valence-electron chi connectivity index (χ3n) is 5.47. The Kier molecular flexibility index (Phi) is 10.9. The summed E-state index contributed by atoms with van der Waals surface area (Å²) in [6, 6.07) is 7.06. The lowest BCUT2D eigenvalue weighted by Gasteiger charge is -2.13. The molecule has 0 unspecified atom stereocenters. The van der Waals surface area contributed by atoms with Gasteiger partial charge in [0.25, 0.3) is 0 Å². The Balaban J connectivity index is 1.76. The van der Waals surface area contributed by atoms with E-state index < -0.39 is 6.03 Å². The zero-order valence-electron chi connectivity index (χ0n) is 19.6. The van der Waals surface area contributed by atoms with E-state index in [4.69, 9.17) is 4.74 Å². The minimum atomic E-state index is -0.417. The number of hydrazone groups is 1. The summed E-state index contributed by atoms with van der Waals surface area (Å²) in [5.41, 5.74) is 4.01. The van der Waals surface area contributed by atoms with E-state index in [1.54, 1.807) is 0 Å². The molecule has 2 amide bonds. The fourth-order valence-corrected chi connectivity index (χ4v) is 3.44. The molecule has 0 saturated heterocycles. The van der Waals surface area contributed by atoms with Crippen molar-refractivity contribution in [1.29, 1.82) is 0 Å². The molecule has 0 radical (unpaired) electrons. The summed E-state index contributed by atoms with van der Waals surface area (Å²) < 4.78 is 5.48. The molecule has 176 valence electrons. The first-order valence-corrected chi connectivity index (χ1v) is 11.8. The molecule has 7 heteroatoms. The summed E-state index contributed by atoms with van der Waals surface area (Å²) in [6.07, 6.45) is 6.58. The van der Waals surface area contributed by atoms with E-state index in [2.05, 4.69) is 22.8 Å². The smallest absolute Gasteiger partial charge is 0.335 e. The zero-order chi connectivity index (χ0) is 23.3. The summed E-state index contributed by atoms with van der Waals surface area (Å²) in [7, 11) is 0. The second-order valence-electron chi connectivity index (χ2n) is 8.60. The van der Waals surface area contributed by atoms with Crippen molar-refractivity contribution in [2.24, 2.45) is 16.9 Å². The number of Topliss-reactive ketones (excluding diaryl/α,β-unsaturated/α-hetero) is 2. The maximum atomic E-state index is 12.5. The Hall–Kier alpha value is -2.70. The van der Waals surface area contributed by atoms with E-state index in [9.17, 15) is 14.4 Å². The highest BCUT2D eigenvalue weighted by Gasteiger charge is 2.28. The van der Waals surface area contributed by atoms with Gasteiger partial charge in [0.15, 0.2) is 11.6 Å². The molecule has 0 aromatic heterocycles. The van der Waals surface area contributed by atoms with E-state index in [1.165, 1.54) is 0 Å². The molecule has 1 aliphatic carbocycles. The normalized spacial score (nSPS) is 14.5. The number of ether oxygens (including phenoxy) is 1. The van der Waals surface area contributed by atoms with Gasteiger partial charge < -0.3 is 10.1 Å². The van der Waals surface area contributed by atoms with Crippen molar-refractivity contribution in [1.82, 2.24) is 10.7 Å². The monoisotopic (exact) mass is 443 g/mol. The summed E-state index contributed by atoms with van der Waals surface area (Å²) in [5, 5.41) is 6.94. The van der Waals surface area contributed by atoms with Gasteiger partial charge in [0.1, 0.15) is 18.1 Å². The van der Waals surface area contributed by atoms with Gasteiger partial charge >= 0.3 is 6.03 Å². The predicted molar refractivity (Wildman–Crippen MR) is 126 cm³/mol. The van der Waals surface area contributed by atoms with E-state index in [1.807, 2.05) is 38.1 Å². The molecule has 2 N–H and O–H groups in total. The third kappa shape index (κ3) is 9.62. The van der Waals surface area contributed by atoms with Crippen molar-refractivity contribution in [2.45, 2.75) is 72.1 Å². The van der Waals surface area contributed by atoms with Crippen molar-refractivity contribution >= 4 is 23.3 Å². The van der Waals surface area contributed by atoms with Gasteiger partial charge in [-0.05, 0) is 55.7 Å². The standard InChI is InChI=1S/C25H37N3O4/c1-4-6-18(3)24(23(30)16-20-8-9-20)27-28-25(31)26-15-14-19-10-12-22(13-11-19)32-17-21(29)7-5-2/h10-13,18,20H,4-9,14-17H2,1-3H3,(H2,26,28,31)/b27-24+/t18-/m0/s1. The Labute approximate surface area is 191 Å². The van der Waals surface area contributed by atoms with Crippen LogP contribution in [0.3, 0.4) is 0 Å². The van der Waals surface area contributed by atoms with Crippen LogP contribution in [0.15, 0.2) is 29.4 Å². The number of hydrogen-bond acceptors (Lipinski definition) is 5. The van der Waals surface area contributed by atoms with Crippen molar-refractivity contribution in [3.8, 4) is 5.75 Å². The van der Waals surface area contributed by atoms with Gasteiger partial charge in [-0.3, -0.25) is 9.59 Å². The molecule has 32 heavy (non-hydrogen) atoms. The van der Waals surface area contributed by atoms with Crippen LogP contribution in [0.2, 0.25) is 0 Å². The SMILES string of the molecule is CCCC(=O)COc1ccc(CCNC(=O)N/N=C(/C(=O)CC2CC2)[C@@H](C)CCC)cc1. The average molecular weight is 444 g/mol. The van der Waals surface area contributed by atoms with Crippen molar-refractivity contribution < 1.29 is 19.1 Å². The maximum Gasteiger partial charge on any atom is 0.335 e. The minimum Gasteiger partial charge on any atom is -0.486 e. The number of ketones is 2. The fraction of sp³-hybridized carbons (Fsp3) is 0.600. The van der Waals surface area contributed by atoms with Gasteiger partial charge in [0, 0.05) is 25.3 Å². The molecular formula is C25H37N3O4. The minimum absolute atomic E-state index is 0.0320. The maximum absolute atomic E-state index is 12.5. The Morgan fingerprint density at radius 3 is 2.47 bits per heavy atom. The Bertz CT molecular complexity index is 785. The van der Waals surface area contributed by atoms with Gasteiger partial charge in [-0.1, -0.05) is 39.3 Å². The lowest BCUT2D eigenvalue weighted by Crippen LogP contribution is -2.36. The first-order chi connectivity index (χ1) is 15.4. The molecule has 1 aliphatic rings. The van der Waals surface area contributed by atoms with Crippen molar-refractivity contribution in [3.05, 3.63) is 29.8 Å². The molecule has 2 rings (SSSR count). The highest BCUT2D eigenvalue weighted by Crippen LogP contribution is 2.33. The Morgan fingerprint density at radius 1 is 1.12 bits per heavy atom. The molecule has 7 nitrogen and oxygen atoms in total. The van der Waals surface area contributed by atoms with Crippen LogP contribution in [0.25, 0.3) is 0 Å². The van der Waals surface area contributed by atoms with Gasteiger partial charge in [-0.15, -0.1) is 0 Å². The fourth-order valence-electron chi connectivity index (χ4n) is 3.44. The van der Waals surface area contributed by atoms with E-state index in [0.717, 1.165) is 37.7 Å². The van der Waals surface area contributed by atoms with E-state index in [0.29, 0.717) is 43.2 Å². The second-order valence-corrected chi connectivity index (χ2v) is 8.60. The first kappa shape index (κ1) is 25.6. The molecule has 1 saturated carbocycles. The summed E-state index contributed by atoms with van der Waals surface area (Å²) in [6.45, 7) is 6.56. The van der Waals surface area contributed by atoms with Crippen molar-refractivity contribution in [2.75, 3.05) is 13.2 Å². The number of hydrogen-bond donors (Lipinski definition) is 2.